The second kappa shape index (κ2) is 11.3. The number of carbonyl (C=O) groups excluding carboxylic acids is 2. The first-order valence-electron chi connectivity index (χ1n) is 12.9. The molecule has 1 aliphatic carbocycles. The first-order chi connectivity index (χ1) is 17.6. The number of amides is 1. The Morgan fingerprint density at radius 1 is 1.00 bits per heavy atom. The summed E-state index contributed by atoms with van der Waals surface area (Å²) < 4.78 is 10.9. The summed E-state index contributed by atoms with van der Waals surface area (Å²) in [4.78, 5) is 38.6. The van der Waals surface area contributed by atoms with Gasteiger partial charge in [0.2, 0.25) is 0 Å². The van der Waals surface area contributed by atoms with Crippen molar-refractivity contribution in [3.63, 3.8) is 0 Å². The van der Waals surface area contributed by atoms with Gasteiger partial charge in [-0.05, 0) is 81.3 Å². The number of carbonyl (C=O) groups is 3. The maximum Gasteiger partial charge on any atom is 0.407 e. The molecule has 2 aliphatic rings. The molecule has 2 aromatic rings. The normalized spacial score (nSPS) is 16.9. The standard InChI is InChI=1S/C29H36N2O6/c1-29(2,3)37-26(32)17-31-14-12-19(13-15-31)16-25(27(33)34)30-28(35)36-18-24-22-10-6-4-8-20(22)21-9-5-7-11-23(21)24/h4-11,19,24-25H,12-18H2,1-3H3,(H,30,35)(H,33,34)/t25-/m1/s1. The molecule has 1 amide bonds. The van der Waals surface area contributed by atoms with E-state index in [1.54, 1.807) is 0 Å². The molecule has 2 N–H and O–H groups in total. The summed E-state index contributed by atoms with van der Waals surface area (Å²) in [6.07, 6.45) is 1.09. The van der Waals surface area contributed by atoms with Crippen molar-refractivity contribution in [2.24, 2.45) is 5.92 Å². The number of likely N-dealkylation sites (tertiary alicyclic amines) is 1. The number of fused-ring (bicyclic) bond motifs is 3. The lowest BCUT2D eigenvalue weighted by Crippen LogP contribution is -2.45. The second-order valence-electron chi connectivity index (χ2n) is 10.9. The Morgan fingerprint density at radius 2 is 1.57 bits per heavy atom. The Hall–Kier alpha value is -3.39. The lowest BCUT2D eigenvalue weighted by Gasteiger charge is -2.33. The molecule has 0 bridgehead atoms. The van der Waals surface area contributed by atoms with Crippen LogP contribution < -0.4 is 5.32 Å². The van der Waals surface area contributed by atoms with E-state index in [1.165, 1.54) is 0 Å². The van der Waals surface area contributed by atoms with Crippen molar-refractivity contribution in [1.82, 2.24) is 10.2 Å². The van der Waals surface area contributed by atoms with Crippen LogP contribution in [0.5, 0.6) is 0 Å². The number of piperidine rings is 1. The zero-order valence-electron chi connectivity index (χ0n) is 21.7. The van der Waals surface area contributed by atoms with E-state index in [-0.39, 0.29) is 31.0 Å². The zero-order chi connectivity index (χ0) is 26.6. The maximum atomic E-state index is 12.6. The summed E-state index contributed by atoms with van der Waals surface area (Å²) in [5.74, 6) is -1.29. The predicted molar refractivity (Wildman–Crippen MR) is 139 cm³/mol. The summed E-state index contributed by atoms with van der Waals surface area (Å²) in [7, 11) is 0. The molecule has 0 spiro atoms. The summed E-state index contributed by atoms with van der Waals surface area (Å²) in [5.41, 5.74) is 3.95. The molecule has 1 fully saturated rings. The third-order valence-corrected chi connectivity index (χ3v) is 6.98. The van der Waals surface area contributed by atoms with Crippen LogP contribution in [0.2, 0.25) is 0 Å². The van der Waals surface area contributed by atoms with Crippen molar-refractivity contribution in [2.45, 2.75) is 57.6 Å². The van der Waals surface area contributed by atoms with Gasteiger partial charge in [0.25, 0.3) is 0 Å². The number of carboxylic acids is 1. The smallest absolute Gasteiger partial charge is 0.407 e. The van der Waals surface area contributed by atoms with E-state index < -0.39 is 23.7 Å². The summed E-state index contributed by atoms with van der Waals surface area (Å²) in [5, 5.41) is 12.3. The van der Waals surface area contributed by atoms with Gasteiger partial charge in [0, 0.05) is 5.92 Å². The van der Waals surface area contributed by atoms with Crippen LogP contribution in [0, 0.1) is 5.92 Å². The topological polar surface area (TPSA) is 105 Å². The molecule has 8 nitrogen and oxygen atoms in total. The van der Waals surface area contributed by atoms with E-state index in [2.05, 4.69) is 17.4 Å². The number of benzene rings is 2. The average Bonchev–Trinajstić information content (AvgIpc) is 3.16. The quantitative estimate of drug-likeness (QED) is 0.509. The van der Waals surface area contributed by atoms with E-state index in [9.17, 15) is 19.5 Å². The van der Waals surface area contributed by atoms with Crippen molar-refractivity contribution >= 4 is 18.0 Å². The lowest BCUT2D eigenvalue weighted by molar-refractivity contribution is -0.156. The van der Waals surface area contributed by atoms with Crippen LogP contribution in [0.15, 0.2) is 48.5 Å². The predicted octanol–water partition coefficient (Wildman–Crippen LogP) is 4.42. The first-order valence-corrected chi connectivity index (χ1v) is 12.9. The Bertz CT molecular complexity index is 1090. The monoisotopic (exact) mass is 508 g/mol. The van der Waals surface area contributed by atoms with E-state index in [4.69, 9.17) is 9.47 Å². The van der Waals surface area contributed by atoms with Crippen LogP contribution in [-0.4, -0.2) is 65.9 Å². The maximum absolute atomic E-state index is 12.6. The highest BCUT2D eigenvalue weighted by Gasteiger charge is 2.31. The van der Waals surface area contributed by atoms with Crippen molar-refractivity contribution in [3.05, 3.63) is 59.7 Å². The van der Waals surface area contributed by atoms with Gasteiger partial charge >= 0.3 is 18.0 Å². The van der Waals surface area contributed by atoms with E-state index in [0.717, 1.165) is 35.1 Å². The van der Waals surface area contributed by atoms with Crippen LogP contribution in [0.25, 0.3) is 11.1 Å². The van der Waals surface area contributed by atoms with Crippen molar-refractivity contribution in [2.75, 3.05) is 26.2 Å². The molecule has 37 heavy (non-hydrogen) atoms. The average molecular weight is 509 g/mol. The number of hydrogen-bond acceptors (Lipinski definition) is 6. The number of ether oxygens (including phenoxy) is 2. The van der Waals surface area contributed by atoms with Crippen molar-refractivity contribution in [1.29, 1.82) is 0 Å². The fraction of sp³-hybridized carbons (Fsp3) is 0.483. The minimum Gasteiger partial charge on any atom is -0.480 e. The molecule has 0 saturated carbocycles. The van der Waals surface area contributed by atoms with Crippen LogP contribution in [-0.2, 0) is 19.1 Å². The molecule has 1 saturated heterocycles. The van der Waals surface area contributed by atoms with Gasteiger partial charge in [0.05, 0.1) is 6.54 Å². The Kier molecular flexibility index (Phi) is 8.17. The van der Waals surface area contributed by atoms with E-state index >= 15 is 0 Å². The number of nitrogens with one attached hydrogen (secondary N) is 1. The molecule has 1 aliphatic heterocycles. The Morgan fingerprint density at radius 3 is 2.11 bits per heavy atom. The highest BCUT2D eigenvalue weighted by molar-refractivity contribution is 5.81. The van der Waals surface area contributed by atoms with Crippen molar-refractivity contribution in [3.8, 4) is 11.1 Å². The van der Waals surface area contributed by atoms with E-state index in [0.29, 0.717) is 19.5 Å². The zero-order valence-corrected chi connectivity index (χ0v) is 21.7. The van der Waals surface area contributed by atoms with E-state index in [1.807, 2.05) is 62.1 Å². The molecule has 1 atom stereocenters. The molecule has 198 valence electrons. The molecule has 1 heterocycles. The summed E-state index contributed by atoms with van der Waals surface area (Å²) >= 11 is 0. The Balaban J connectivity index is 1.27. The van der Waals surface area contributed by atoms with Gasteiger partial charge in [0.1, 0.15) is 18.2 Å². The summed E-state index contributed by atoms with van der Waals surface area (Å²) in [6.45, 7) is 7.24. The number of esters is 1. The van der Waals surface area contributed by atoms with Gasteiger partial charge in [-0.3, -0.25) is 9.69 Å². The van der Waals surface area contributed by atoms with Gasteiger partial charge in [-0.1, -0.05) is 48.5 Å². The van der Waals surface area contributed by atoms with Gasteiger partial charge in [-0.2, -0.15) is 0 Å². The minimum atomic E-state index is -1.08. The molecular formula is C29H36N2O6. The fourth-order valence-electron chi connectivity index (χ4n) is 5.27. The number of carboxylic acid groups (broad SMARTS) is 1. The van der Waals surface area contributed by atoms with Crippen LogP contribution in [0.4, 0.5) is 4.79 Å². The number of hydrogen-bond donors (Lipinski definition) is 2. The highest BCUT2D eigenvalue weighted by Crippen LogP contribution is 2.44. The molecule has 8 heteroatoms. The number of rotatable bonds is 8. The van der Waals surface area contributed by atoms with Crippen LogP contribution >= 0.6 is 0 Å². The minimum absolute atomic E-state index is 0.0873. The number of nitrogens with zero attached hydrogens (tertiary/aromatic N) is 1. The third kappa shape index (κ3) is 6.89. The summed E-state index contributed by atoms with van der Waals surface area (Å²) in [6, 6.07) is 15.1. The van der Waals surface area contributed by atoms with Crippen LogP contribution in [0.1, 0.15) is 57.1 Å². The first kappa shape index (κ1) is 26.7. The molecule has 0 radical (unpaired) electrons. The molecule has 0 aromatic heterocycles. The molecule has 2 aromatic carbocycles. The molecule has 0 unspecified atom stereocenters. The van der Waals surface area contributed by atoms with Crippen LogP contribution in [0.3, 0.4) is 0 Å². The number of alkyl carbamates (subject to hydrolysis) is 1. The SMILES string of the molecule is CC(C)(C)OC(=O)CN1CCC(C[C@@H](NC(=O)OCC2c3ccccc3-c3ccccc32)C(=O)O)CC1. The number of aliphatic carboxylic acids is 1. The van der Waals surface area contributed by atoms with Gasteiger partial charge in [-0.15, -0.1) is 0 Å². The largest absolute Gasteiger partial charge is 0.480 e. The lowest BCUT2D eigenvalue weighted by atomic mass is 9.90. The molecular weight excluding hydrogens is 472 g/mol. The molecule has 4 rings (SSSR count). The second-order valence-corrected chi connectivity index (χ2v) is 10.9. The fourth-order valence-corrected chi connectivity index (χ4v) is 5.27. The van der Waals surface area contributed by atoms with Gasteiger partial charge < -0.3 is 19.9 Å². The van der Waals surface area contributed by atoms with Gasteiger partial charge in [-0.25, -0.2) is 9.59 Å². The highest BCUT2D eigenvalue weighted by atomic mass is 16.6. The Labute approximate surface area is 217 Å². The van der Waals surface area contributed by atoms with Gasteiger partial charge in [0.15, 0.2) is 0 Å². The van der Waals surface area contributed by atoms with Crippen molar-refractivity contribution < 1.29 is 29.0 Å². The third-order valence-electron chi connectivity index (χ3n) is 6.98.